The third kappa shape index (κ3) is 4.90. The highest BCUT2D eigenvalue weighted by atomic mass is 16.6. The summed E-state index contributed by atoms with van der Waals surface area (Å²) >= 11 is 0. The molecule has 10 heteroatoms. The van der Waals surface area contributed by atoms with Crippen molar-refractivity contribution in [2.45, 2.75) is 12.8 Å². The summed E-state index contributed by atoms with van der Waals surface area (Å²) in [5, 5.41) is 22.6. The van der Waals surface area contributed by atoms with E-state index < -0.39 is 4.92 Å². The SMILES string of the molecule is COc1cc([N+](=O)[O-])ccc1NC(=O)C1CCN(c2ccc(-c3ccccc3OC)nn2)CC1. The molecule has 0 spiro atoms. The van der Waals surface area contributed by atoms with E-state index in [2.05, 4.69) is 20.4 Å². The maximum Gasteiger partial charge on any atom is 0.273 e. The zero-order valence-electron chi connectivity index (χ0n) is 18.9. The van der Waals surface area contributed by atoms with E-state index >= 15 is 0 Å². The highest BCUT2D eigenvalue weighted by Gasteiger charge is 2.27. The van der Waals surface area contributed by atoms with E-state index in [1.54, 1.807) is 7.11 Å². The van der Waals surface area contributed by atoms with Gasteiger partial charge in [0, 0.05) is 30.6 Å². The van der Waals surface area contributed by atoms with Crippen molar-refractivity contribution in [2.24, 2.45) is 5.92 Å². The van der Waals surface area contributed by atoms with Crippen molar-refractivity contribution < 1.29 is 19.2 Å². The minimum Gasteiger partial charge on any atom is -0.496 e. The van der Waals surface area contributed by atoms with Crippen molar-refractivity contribution in [2.75, 3.05) is 37.5 Å². The monoisotopic (exact) mass is 463 g/mol. The number of carbonyl (C=O) groups excluding carboxylic acids is 1. The first-order chi connectivity index (χ1) is 16.5. The molecule has 0 saturated carbocycles. The number of nitro groups is 1. The molecule has 1 fully saturated rings. The number of anilines is 2. The largest absolute Gasteiger partial charge is 0.496 e. The summed E-state index contributed by atoms with van der Waals surface area (Å²) in [5.41, 5.74) is 1.92. The summed E-state index contributed by atoms with van der Waals surface area (Å²) in [5.74, 6) is 1.43. The smallest absolute Gasteiger partial charge is 0.273 e. The highest BCUT2D eigenvalue weighted by Crippen LogP contribution is 2.31. The first-order valence-electron chi connectivity index (χ1n) is 10.9. The van der Waals surface area contributed by atoms with Gasteiger partial charge < -0.3 is 19.7 Å². The standard InChI is InChI=1S/C24H25N5O5/c1-33-21-6-4-3-5-18(21)19-9-10-23(27-26-19)28-13-11-16(12-14-28)24(30)25-20-8-7-17(29(31)32)15-22(20)34-2/h3-10,15-16H,11-14H2,1-2H3,(H,25,30). The van der Waals surface area contributed by atoms with Crippen LogP contribution in [0.4, 0.5) is 17.2 Å². The molecular weight excluding hydrogens is 438 g/mol. The summed E-state index contributed by atoms with van der Waals surface area (Å²) in [6.45, 7) is 1.33. The third-order valence-electron chi connectivity index (χ3n) is 5.88. The number of benzene rings is 2. The average molecular weight is 463 g/mol. The molecule has 1 aromatic heterocycles. The number of nitrogens with zero attached hydrogens (tertiary/aromatic N) is 4. The predicted molar refractivity (Wildman–Crippen MR) is 127 cm³/mol. The second kappa shape index (κ2) is 10.2. The number of para-hydroxylation sites is 1. The van der Waals surface area contributed by atoms with Gasteiger partial charge in [0.25, 0.3) is 5.69 Å². The van der Waals surface area contributed by atoms with Gasteiger partial charge in [0.05, 0.1) is 36.6 Å². The molecule has 10 nitrogen and oxygen atoms in total. The second-order valence-corrected chi connectivity index (χ2v) is 7.87. The predicted octanol–water partition coefficient (Wildman–Crippen LogP) is 3.92. The molecule has 3 aromatic rings. The van der Waals surface area contributed by atoms with Crippen molar-refractivity contribution >= 4 is 23.1 Å². The topological polar surface area (TPSA) is 120 Å². The molecule has 0 radical (unpaired) electrons. The highest BCUT2D eigenvalue weighted by molar-refractivity contribution is 5.94. The summed E-state index contributed by atoms with van der Waals surface area (Å²) < 4.78 is 10.6. The first kappa shape index (κ1) is 23.0. The van der Waals surface area contributed by atoms with E-state index in [0.29, 0.717) is 31.6 Å². The Balaban J connectivity index is 1.37. The van der Waals surface area contributed by atoms with Crippen LogP contribution in [0, 0.1) is 16.0 Å². The van der Waals surface area contributed by atoms with Crippen LogP contribution in [0.15, 0.2) is 54.6 Å². The molecule has 1 aliphatic heterocycles. The molecule has 1 saturated heterocycles. The number of nitro benzene ring substituents is 1. The Bertz CT molecular complexity index is 1180. The third-order valence-corrected chi connectivity index (χ3v) is 5.88. The van der Waals surface area contributed by atoms with Crippen LogP contribution in [0.25, 0.3) is 11.3 Å². The van der Waals surface area contributed by atoms with Gasteiger partial charge in [-0.15, -0.1) is 10.2 Å². The number of ether oxygens (including phenoxy) is 2. The van der Waals surface area contributed by atoms with E-state index in [9.17, 15) is 14.9 Å². The Morgan fingerprint density at radius 2 is 1.76 bits per heavy atom. The van der Waals surface area contributed by atoms with Gasteiger partial charge in [-0.3, -0.25) is 14.9 Å². The van der Waals surface area contributed by atoms with Crippen LogP contribution >= 0.6 is 0 Å². The number of nitrogens with one attached hydrogen (secondary N) is 1. The number of carbonyl (C=O) groups is 1. The van der Waals surface area contributed by atoms with Crippen molar-refractivity contribution in [3.63, 3.8) is 0 Å². The second-order valence-electron chi connectivity index (χ2n) is 7.87. The summed E-state index contributed by atoms with van der Waals surface area (Å²) in [4.78, 5) is 25.4. The molecule has 0 atom stereocenters. The van der Waals surface area contributed by atoms with E-state index in [0.717, 1.165) is 22.8 Å². The lowest BCUT2D eigenvalue weighted by atomic mass is 9.95. The minimum atomic E-state index is -0.504. The average Bonchev–Trinajstić information content (AvgIpc) is 2.89. The fourth-order valence-electron chi connectivity index (χ4n) is 4.00. The van der Waals surface area contributed by atoms with Gasteiger partial charge in [0.15, 0.2) is 5.82 Å². The molecule has 1 amide bonds. The lowest BCUT2D eigenvalue weighted by Gasteiger charge is -2.32. The Labute approximate surface area is 196 Å². The van der Waals surface area contributed by atoms with Gasteiger partial charge in [0.1, 0.15) is 11.5 Å². The number of non-ortho nitro benzene ring substituents is 1. The summed E-state index contributed by atoms with van der Waals surface area (Å²) in [6, 6.07) is 15.6. The maximum atomic E-state index is 12.8. The van der Waals surface area contributed by atoms with Gasteiger partial charge in [-0.2, -0.15) is 0 Å². The van der Waals surface area contributed by atoms with Crippen molar-refractivity contribution in [1.82, 2.24) is 10.2 Å². The van der Waals surface area contributed by atoms with E-state index in [1.807, 2.05) is 36.4 Å². The first-order valence-corrected chi connectivity index (χ1v) is 10.9. The zero-order chi connectivity index (χ0) is 24.1. The number of amides is 1. The number of hydrogen-bond donors (Lipinski definition) is 1. The van der Waals surface area contributed by atoms with Gasteiger partial charge in [-0.05, 0) is 43.2 Å². The van der Waals surface area contributed by atoms with Crippen molar-refractivity contribution in [1.29, 1.82) is 0 Å². The number of aromatic nitrogens is 2. The molecule has 0 aliphatic carbocycles. The van der Waals surface area contributed by atoms with E-state index in [1.165, 1.54) is 25.3 Å². The molecule has 1 aliphatic rings. The Morgan fingerprint density at radius 3 is 2.41 bits per heavy atom. The molecule has 2 aromatic carbocycles. The molecule has 176 valence electrons. The van der Waals surface area contributed by atoms with Crippen LogP contribution < -0.4 is 19.7 Å². The number of methoxy groups -OCH3 is 2. The molecule has 0 unspecified atom stereocenters. The summed E-state index contributed by atoms with van der Waals surface area (Å²) in [6.07, 6.45) is 1.30. The Kier molecular flexibility index (Phi) is 6.86. The fourth-order valence-corrected chi connectivity index (χ4v) is 4.00. The normalized spacial score (nSPS) is 13.9. The molecule has 1 N–H and O–H groups in total. The lowest BCUT2D eigenvalue weighted by molar-refractivity contribution is -0.384. The van der Waals surface area contributed by atoms with Crippen LogP contribution in [0.5, 0.6) is 11.5 Å². The van der Waals surface area contributed by atoms with Crippen LogP contribution in [-0.4, -0.2) is 48.3 Å². The molecule has 2 heterocycles. The Hall–Kier alpha value is -4.21. The van der Waals surface area contributed by atoms with Crippen molar-refractivity contribution in [3.05, 3.63) is 64.7 Å². The lowest BCUT2D eigenvalue weighted by Crippen LogP contribution is -2.38. The quantitative estimate of drug-likeness (QED) is 0.413. The van der Waals surface area contributed by atoms with E-state index in [-0.39, 0.29) is 23.3 Å². The summed E-state index contributed by atoms with van der Waals surface area (Å²) in [7, 11) is 3.03. The number of hydrogen-bond acceptors (Lipinski definition) is 8. The number of rotatable bonds is 7. The van der Waals surface area contributed by atoms with Crippen LogP contribution in [0.1, 0.15) is 12.8 Å². The van der Waals surface area contributed by atoms with Gasteiger partial charge >= 0.3 is 0 Å². The molecule has 0 bridgehead atoms. The molecular formula is C24H25N5O5. The van der Waals surface area contributed by atoms with Crippen molar-refractivity contribution in [3.8, 4) is 22.8 Å². The molecule has 4 rings (SSSR count). The van der Waals surface area contributed by atoms with Crippen LogP contribution in [0.2, 0.25) is 0 Å². The van der Waals surface area contributed by atoms with Crippen LogP contribution in [-0.2, 0) is 4.79 Å². The maximum absolute atomic E-state index is 12.8. The Morgan fingerprint density at radius 1 is 1.03 bits per heavy atom. The van der Waals surface area contributed by atoms with Gasteiger partial charge in [-0.1, -0.05) is 12.1 Å². The molecule has 34 heavy (non-hydrogen) atoms. The zero-order valence-corrected chi connectivity index (χ0v) is 18.9. The van der Waals surface area contributed by atoms with Gasteiger partial charge in [-0.25, -0.2) is 0 Å². The van der Waals surface area contributed by atoms with Crippen LogP contribution in [0.3, 0.4) is 0 Å². The fraction of sp³-hybridized carbons (Fsp3) is 0.292. The minimum absolute atomic E-state index is 0.0963. The van der Waals surface area contributed by atoms with E-state index in [4.69, 9.17) is 9.47 Å². The number of piperidine rings is 1. The van der Waals surface area contributed by atoms with Gasteiger partial charge in [0.2, 0.25) is 5.91 Å².